The Labute approximate surface area is 88.8 Å². The van der Waals surface area contributed by atoms with E-state index in [1.54, 1.807) is 6.33 Å². The number of nitrogens with zero attached hydrogens (tertiary/aromatic N) is 3. The summed E-state index contributed by atoms with van der Waals surface area (Å²) in [6.45, 7) is 0. The zero-order chi connectivity index (χ0) is 10.3. The fourth-order valence-electron chi connectivity index (χ4n) is 2.26. The van der Waals surface area contributed by atoms with Gasteiger partial charge in [0, 0.05) is 12.6 Å². The summed E-state index contributed by atoms with van der Waals surface area (Å²) >= 11 is 0. The summed E-state index contributed by atoms with van der Waals surface area (Å²) in [7, 11) is 1.97. The summed E-state index contributed by atoms with van der Waals surface area (Å²) in [5, 5.41) is 8.03. The number of hydrogen-bond donors (Lipinski definition) is 0. The molecule has 0 bridgehead atoms. The largest absolute Gasteiger partial charge is 0.317 e. The first-order valence-corrected chi connectivity index (χ1v) is 5.31. The Morgan fingerprint density at radius 3 is 2.87 bits per heavy atom. The maximum absolute atomic E-state index is 4.12. The molecule has 1 aromatic heterocycles. The van der Waals surface area contributed by atoms with Crippen molar-refractivity contribution < 1.29 is 0 Å². The molecule has 0 aliphatic heterocycles. The molecule has 3 nitrogen and oxygen atoms in total. The number of aryl methyl sites for hydroxylation is 3. The Balaban J connectivity index is 2.11. The second-order valence-corrected chi connectivity index (χ2v) is 4.10. The van der Waals surface area contributed by atoms with E-state index in [1.807, 2.05) is 11.6 Å². The molecule has 0 N–H and O–H groups in total. The van der Waals surface area contributed by atoms with Crippen molar-refractivity contribution in [2.45, 2.75) is 19.3 Å². The predicted octanol–water partition coefficient (Wildman–Crippen LogP) is 1.97. The third kappa shape index (κ3) is 1.35. The van der Waals surface area contributed by atoms with Gasteiger partial charge in [0.05, 0.1) is 0 Å². The summed E-state index contributed by atoms with van der Waals surface area (Å²) < 4.78 is 1.96. The number of fused-ring (bicyclic) bond motifs is 1. The Bertz CT molecular complexity index is 499. The van der Waals surface area contributed by atoms with E-state index in [2.05, 4.69) is 28.4 Å². The highest BCUT2D eigenvalue weighted by molar-refractivity contribution is 5.58. The molecule has 0 saturated carbocycles. The minimum Gasteiger partial charge on any atom is -0.317 e. The zero-order valence-electron chi connectivity index (χ0n) is 8.77. The van der Waals surface area contributed by atoms with E-state index in [0.717, 1.165) is 5.82 Å². The van der Waals surface area contributed by atoms with Crippen LogP contribution in [0.25, 0.3) is 11.4 Å². The lowest BCUT2D eigenvalue weighted by Crippen LogP contribution is -1.92. The van der Waals surface area contributed by atoms with Crippen molar-refractivity contribution in [1.82, 2.24) is 14.8 Å². The highest BCUT2D eigenvalue weighted by atomic mass is 15.2. The monoisotopic (exact) mass is 199 g/mol. The Hall–Kier alpha value is -1.64. The first kappa shape index (κ1) is 8.65. The second-order valence-electron chi connectivity index (χ2n) is 4.10. The van der Waals surface area contributed by atoms with E-state index in [9.17, 15) is 0 Å². The molecule has 1 aromatic carbocycles. The van der Waals surface area contributed by atoms with Crippen molar-refractivity contribution >= 4 is 0 Å². The van der Waals surface area contributed by atoms with Gasteiger partial charge in [-0.3, -0.25) is 0 Å². The number of rotatable bonds is 1. The maximum Gasteiger partial charge on any atom is 0.163 e. The zero-order valence-corrected chi connectivity index (χ0v) is 8.77. The van der Waals surface area contributed by atoms with Crippen LogP contribution in [0.1, 0.15) is 17.5 Å². The summed E-state index contributed by atoms with van der Waals surface area (Å²) in [4.78, 5) is 0. The van der Waals surface area contributed by atoms with Gasteiger partial charge in [0.15, 0.2) is 5.82 Å². The van der Waals surface area contributed by atoms with E-state index in [1.165, 1.54) is 36.0 Å². The van der Waals surface area contributed by atoms with Crippen LogP contribution in [0, 0.1) is 0 Å². The molecule has 2 aromatic rings. The Kier molecular flexibility index (Phi) is 1.84. The molecule has 0 spiro atoms. The molecule has 3 heteroatoms. The van der Waals surface area contributed by atoms with Crippen LogP contribution in [0.5, 0.6) is 0 Å². The van der Waals surface area contributed by atoms with Gasteiger partial charge in [-0.25, -0.2) is 0 Å². The number of aromatic nitrogens is 3. The highest BCUT2D eigenvalue weighted by Gasteiger charge is 2.12. The number of hydrogen-bond acceptors (Lipinski definition) is 2. The van der Waals surface area contributed by atoms with Crippen molar-refractivity contribution in [2.75, 3.05) is 0 Å². The van der Waals surface area contributed by atoms with Crippen molar-refractivity contribution in [3.05, 3.63) is 35.7 Å². The lowest BCUT2D eigenvalue weighted by molar-refractivity contribution is 0.911. The predicted molar refractivity (Wildman–Crippen MR) is 58.5 cm³/mol. The van der Waals surface area contributed by atoms with Crippen molar-refractivity contribution in [2.24, 2.45) is 7.05 Å². The average molecular weight is 199 g/mol. The first-order chi connectivity index (χ1) is 7.34. The summed E-state index contributed by atoms with van der Waals surface area (Å²) in [6, 6.07) is 6.63. The van der Waals surface area contributed by atoms with E-state index < -0.39 is 0 Å². The van der Waals surface area contributed by atoms with Crippen LogP contribution in [0.3, 0.4) is 0 Å². The second kappa shape index (κ2) is 3.19. The topological polar surface area (TPSA) is 30.7 Å². The van der Waals surface area contributed by atoms with Crippen LogP contribution >= 0.6 is 0 Å². The molecule has 0 fully saturated rings. The third-order valence-corrected chi connectivity index (χ3v) is 3.07. The van der Waals surface area contributed by atoms with Crippen LogP contribution in [0.4, 0.5) is 0 Å². The van der Waals surface area contributed by atoms with Gasteiger partial charge >= 0.3 is 0 Å². The molecule has 0 saturated heterocycles. The van der Waals surface area contributed by atoms with Crippen molar-refractivity contribution in [3.8, 4) is 11.4 Å². The maximum atomic E-state index is 4.12. The van der Waals surface area contributed by atoms with Crippen molar-refractivity contribution in [3.63, 3.8) is 0 Å². The summed E-state index contributed by atoms with van der Waals surface area (Å²) in [5.41, 5.74) is 4.16. The van der Waals surface area contributed by atoms with Gasteiger partial charge in [-0.05, 0) is 36.5 Å². The van der Waals surface area contributed by atoms with Gasteiger partial charge in [-0.15, -0.1) is 10.2 Å². The van der Waals surface area contributed by atoms with E-state index in [4.69, 9.17) is 0 Å². The molecular weight excluding hydrogens is 186 g/mol. The summed E-state index contributed by atoms with van der Waals surface area (Å²) in [6.07, 6.45) is 5.47. The molecular formula is C12H13N3. The SMILES string of the molecule is Cn1cnnc1-c1ccc2c(c1)CCC2. The molecule has 0 unspecified atom stereocenters. The molecule has 76 valence electrons. The van der Waals surface area contributed by atoms with Gasteiger partial charge in [-0.2, -0.15) is 0 Å². The minimum atomic E-state index is 0.949. The van der Waals surface area contributed by atoms with Crippen molar-refractivity contribution in [1.29, 1.82) is 0 Å². The highest BCUT2D eigenvalue weighted by Crippen LogP contribution is 2.26. The fraction of sp³-hybridized carbons (Fsp3) is 0.333. The van der Waals surface area contributed by atoms with E-state index in [-0.39, 0.29) is 0 Å². The lowest BCUT2D eigenvalue weighted by atomic mass is 10.1. The molecule has 0 atom stereocenters. The van der Waals surface area contributed by atoms with Gasteiger partial charge < -0.3 is 4.57 Å². The van der Waals surface area contributed by atoms with Crippen LogP contribution in [0.15, 0.2) is 24.5 Å². The molecule has 0 radical (unpaired) electrons. The Morgan fingerprint density at radius 1 is 1.20 bits per heavy atom. The normalized spacial score (nSPS) is 14.2. The molecule has 0 amide bonds. The van der Waals surface area contributed by atoms with Crippen LogP contribution in [-0.2, 0) is 19.9 Å². The van der Waals surface area contributed by atoms with Crippen LogP contribution in [-0.4, -0.2) is 14.8 Å². The molecule has 1 aliphatic carbocycles. The van der Waals surface area contributed by atoms with Gasteiger partial charge in [0.25, 0.3) is 0 Å². The number of benzene rings is 1. The average Bonchev–Trinajstić information content (AvgIpc) is 2.84. The molecule has 3 rings (SSSR count). The Morgan fingerprint density at radius 2 is 2.07 bits per heavy atom. The van der Waals surface area contributed by atoms with E-state index in [0.29, 0.717) is 0 Å². The standard InChI is InChI=1S/C12H13N3/c1-15-8-13-14-12(15)11-6-5-9-3-2-4-10(9)7-11/h5-8H,2-4H2,1H3. The van der Waals surface area contributed by atoms with E-state index >= 15 is 0 Å². The molecule has 15 heavy (non-hydrogen) atoms. The van der Waals surface area contributed by atoms with Gasteiger partial charge in [0.1, 0.15) is 6.33 Å². The van der Waals surface area contributed by atoms with Gasteiger partial charge in [-0.1, -0.05) is 12.1 Å². The van der Waals surface area contributed by atoms with Crippen LogP contribution in [0.2, 0.25) is 0 Å². The summed E-state index contributed by atoms with van der Waals surface area (Å²) in [5.74, 6) is 0.949. The van der Waals surface area contributed by atoms with Crippen LogP contribution < -0.4 is 0 Å². The molecule has 1 heterocycles. The smallest absolute Gasteiger partial charge is 0.163 e. The fourth-order valence-corrected chi connectivity index (χ4v) is 2.26. The third-order valence-electron chi connectivity index (χ3n) is 3.07. The molecule has 1 aliphatic rings. The minimum absolute atomic E-state index is 0.949. The first-order valence-electron chi connectivity index (χ1n) is 5.31. The lowest BCUT2D eigenvalue weighted by Gasteiger charge is -2.03. The van der Waals surface area contributed by atoms with Gasteiger partial charge in [0.2, 0.25) is 0 Å². The quantitative estimate of drug-likeness (QED) is 0.703.